The molecule has 108 heavy (non-hydrogen) atoms. The Kier molecular flexibility index (Phi) is 32.3. The van der Waals surface area contributed by atoms with Crippen molar-refractivity contribution in [2.75, 3.05) is 128 Å². The molecule has 4 aromatic carbocycles. The molecule has 6 aromatic rings. The summed E-state index contributed by atoms with van der Waals surface area (Å²) in [6.07, 6.45) is 6.61. The van der Waals surface area contributed by atoms with Gasteiger partial charge in [0.1, 0.15) is 92.0 Å². The van der Waals surface area contributed by atoms with Gasteiger partial charge in [-0.15, -0.1) is 0 Å². The van der Waals surface area contributed by atoms with Crippen LogP contribution in [0.25, 0.3) is 5.57 Å². The third-order valence-electron chi connectivity index (χ3n) is 17.3. The van der Waals surface area contributed by atoms with Gasteiger partial charge in [-0.2, -0.15) is 0 Å². The number of methoxy groups -OCH3 is 4. The number of anilines is 5. The zero-order chi connectivity index (χ0) is 80.3. The largest absolute Gasteiger partial charge is 0.495 e. The van der Waals surface area contributed by atoms with Crippen LogP contribution in [-0.2, 0) is 31.8 Å². The van der Waals surface area contributed by atoms with E-state index in [9.17, 15) is 29.3 Å². The lowest BCUT2D eigenvalue weighted by molar-refractivity contribution is -0.385. The van der Waals surface area contributed by atoms with E-state index in [1.165, 1.54) is 79.9 Å². The van der Waals surface area contributed by atoms with E-state index in [0.717, 1.165) is 48.7 Å². The predicted molar refractivity (Wildman–Crippen MR) is 432 cm³/mol. The molecular formula is C75H104Cl4N12O15Si2. The molecule has 3 N–H and O–H groups in total. The fourth-order valence-corrected chi connectivity index (χ4v) is 14.2. The van der Waals surface area contributed by atoms with Gasteiger partial charge >= 0.3 is 24.2 Å². The number of benzene rings is 4. The number of urea groups is 2. The number of aliphatic hydroxyl groups is 1. The Labute approximate surface area is 655 Å². The van der Waals surface area contributed by atoms with Crippen LogP contribution in [0.2, 0.25) is 71.5 Å². The van der Waals surface area contributed by atoms with Crippen molar-refractivity contribution in [1.82, 2.24) is 29.7 Å². The Balaban J connectivity index is 0.000000330. The number of halogens is 4. The average Bonchev–Trinajstić information content (AvgIpc) is 0.793. The van der Waals surface area contributed by atoms with Gasteiger partial charge in [0.15, 0.2) is 0 Å². The van der Waals surface area contributed by atoms with Gasteiger partial charge in [-0.1, -0.05) is 116 Å². The molecule has 0 bridgehead atoms. The van der Waals surface area contributed by atoms with Crippen LogP contribution in [0.5, 0.6) is 23.0 Å². The van der Waals surface area contributed by atoms with Gasteiger partial charge in [-0.05, 0) is 107 Å². The maximum absolute atomic E-state index is 14.3. The SMILES string of the molecule is CO.COc1cc(OC)c(Cl)c(N(COCC[Si](C)(C)C)C(=O)N(C)c2cc(Cc3ccc(C4=CCN(C(=O)OC(C)(C)C)CC4)cc3[N+](=O)[O-])ncn2)c1Cl.COc1cc(OC)c(Cl)c(N(COCC[Si](C)(C)C)C(=O)N(C)c2cc(Cc3ccc(C4CCN(C(=O)OC(C)(C)C)CC4)cc3N)ncn2)c1Cl. The van der Waals surface area contributed by atoms with Crippen molar-refractivity contribution in [3.63, 3.8) is 0 Å². The lowest BCUT2D eigenvalue weighted by Crippen LogP contribution is -2.43. The van der Waals surface area contributed by atoms with E-state index in [1.54, 1.807) is 41.1 Å². The molecule has 6 amide bonds. The number of nitrogen functional groups attached to an aromatic ring is 1. The van der Waals surface area contributed by atoms with Crippen molar-refractivity contribution >= 4 is 127 Å². The van der Waals surface area contributed by atoms with Crippen LogP contribution < -0.4 is 44.3 Å². The van der Waals surface area contributed by atoms with Crippen LogP contribution in [0.3, 0.4) is 0 Å². The maximum Gasteiger partial charge on any atom is 0.410 e. The molecule has 8 rings (SSSR count). The fraction of sp³-hybridized carbons (Fsp3) is 0.493. The monoisotopic (exact) mass is 1610 g/mol. The highest BCUT2D eigenvalue weighted by atomic mass is 35.5. The molecule has 0 unspecified atom stereocenters. The zero-order valence-corrected chi connectivity index (χ0v) is 70.4. The second-order valence-electron chi connectivity index (χ2n) is 30.0. The van der Waals surface area contributed by atoms with Gasteiger partial charge in [0.25, 0.3) is 5.69 Å². The van der Waals surface area contributed by atoms with E-state index in [1.807, 2.05) is 65.8 Å². The Hall–Kier alpha value is -8.27. The lowest BCUT2D eigenvalue weighted by atomic mass is 9.88. The highest BCUT2D eigenvalue weighted by molar-refractivity contribution is 6.76. The lowest BCUT2D eigenvalue weighted by Gasteiger charge is -2.33. The number of ether oxygens (including phenoxy) is 8. The minimum absolute atomic E-state index is 0.0783. The first-order valence-corrected chi connectivity index (χ1v) is 44.0. The normalized spacial score (nSPS) is 13.4. The quantitative estimate of drug-likeness (QED) is 0.0134. The maximum atomic E-state index is 14.3. The summed E-state index contributed by atoms with van der Waals surface area (Å²) >= 11 is 27.0. The summed E-state index contributed by atoms with van der Waals surface area (Å²) in [6, 6.07) is 18.3. The molecule has 2 aliphatic rings. The first-order chi connectivity index (χ1) is 50.7. The molecular weight excluding hydrogens is 1510 g/mol. The number of amides is 6. The van der Waals surface area contributed by atoms with E-state index >= 15 is 0 Å². The smallest absolute Gasteiger partial charge is 0.410 e. The standard InChI is InChI=1S/C37H48Cl2N6O8Si.C37H52Cl2N6O6Si.CH4O/c1-37(2,3)53-36(47)43-14-12-24(13-15-43)25-10-11-26(28(19-25)45(48)49)18-27-20-31(41-22-40-27)42(4)35(46)44(23-52-16-17-54(7,8)9)34-32(38)29(50-5)21-30(51-6)33(34)39;1-37(2,3)51-36(47)44-14-12-24(13-15-44)25-10-11-26(28(40)19-25)18-27-20-31(42-22-41-27)43(4)35(46)45(23-50-16-17-52(7,8)9)34-32(38)29(48-5)21-30(49-6)33(34)39;1-2/h10-12,19-22H,13-18,23H2,1-9H3;10-11,19-22,24H,12-18,23,40H2,1-9H3;2H,1H3. The van der Waals surface area contributed by atoms with Crippen LogP contribution in [0.1, 0.15) is 100 Å². The van der Waals surface area contributed by atoms with E-state index in [4.69, 9.17) is 95.1 Å². The molecule has 1 fully saturated rings. The van der Waals surface area contributed by atoms with Gasteiger partial charge in [0.05, 0.1) is 56.1 Å². The van der Waals surface area contributed by atoms with E-state index < -0.39 is 50.4 Å². The molecule has 33 heteroatoms. The van der Waals surface area contributed by atoms with Gasteiger partial charge in [-0.3, -0.25) is 29.7 Å². The topological polar surface area (TPSA) is 303 Å². The van der Waals surface area contributed by atoms with Crippen molar-refractivity contribution < 1.29 is 67.1 Å². The number of rotatable bonds is 25. The molecule has 0 radical (unpaired) electrons. The number of carbonyl (C=O) groups is 4. The van der Waals surface area contributed by atoms with E-state index in [-0.39, 0.29) is 86.4 Å². The number of nitrogens with two attached hydrogens (primary N) is 1. The number of nitrogens with zero attached hydrogens (tertiary/aromatic N) is 11. The molecule has 27 nitrogen and oxygen atoms in total. The third kappa shape index (κ3) is 24.9. The molecule has 0 aliphatic carbocycles. The van der Waals surface area contributed by atoms with Gasteiger partial charge in [0.2, 0.25) is 0 Å². The number of hydrogen-bond donors (Lipinski definition) is 2. The minimum atomic E-state index is -1.45. The summed E-state index contributed by atoms with van der Waals surface area (Å²) in [5, 5.41) is 19.7. The molecule has 0 atom stereocenters. The number of aromatic nitrogens is 4. The first kappa shape index (κ1) is 88.6. The molecule has 2 aliphatic heterocycles. The zero-order valence-electron chi connectivity index (χ0n) is 65.4. The van der Waals surface area contributed by atoms with Crippen molar-refractivity contribution in [1.29, 1.82) is 0 Å². The molecule has 0 saturated carbocycles. The summed E-state index contributed by atoms with van der Waals surface area (Å²) in [7, 11) is 7.12. The van der Waals surface area contributed by atoms with E-state index in [2.05, 4.69) is 65.3 Å². The molecule has 1 saturated heterocycles. The number of nitro groups is 1. The van der Waals surface area contributed by atoms with Crippen molar-refractivity contribution in [2.45, 2.75) is 142 Å². The third-order valence-corrected chi connectivity index (χ3v) is 22.1. The highest BCUT2D eigenvalue weighted by Gasteiger charge is 2.35. The molecule has 4 heterocycles. The van der Waals surface area contributed by atoms with Crippen molar-refractivity contribution in [3.8, 4) is 23.0 Å². The van der Waals surface area contributed by atoms with Crippen molar-refractivity contribution in [2.24, 2.45) is 0 Å². The second kappa shape index (κ2) is 39.4. The van der Waals surface area contributed by atoms with Crippen LogP contribution in [0.15, 0.2) is 79.4 Å². The Morgan fingerprint density at radius 2 is 1.02 bits per heavy atom. The van der Waals surface area contributed by atoms with Gasteiger partial charge in [0, 0.05) is 131 Å². The molecule has 2 aromatic heterocycles. The number of nitro benzene ring substituents is 1. The number of aliphatic hydroxyl groups excluding tert-OH is 1. The molecule has 590 valence electrons. The summed E-state index contributed by atoms with van der Waals surface area (Å²) in [5.74, 6) is 1.94. The number of carbonyl (C=O) groups excluding carboxylic acids is 4. The summed E-state index contributed by atoms with van der Waals surface area (Å²) < 4.78 is 44.9. The summed E-state index contributed by atoms with van der Waals surface area (Å²) in [4.78, 5) is 91.6. The van der Waals surface area contributed by atoms with Crippen LogP contribution in [-0.4, -0.2) is 194 Å². The summed E-state index contributed by atoms with van der Waals surface area (Å²) in [6.45, 7) is 27.1. The predicted octanol–water partition coefficient (Wildman–Crippen LogP) is 16.8. The second-order valence-corrected chi connectivity index (χ2v) is 42.8. The number of hydrogen-bond acceptors (Lipinski definition) is 20. The Morgan fingerprint density at radius 3 is 1.40 bits per heavy atom. The van der Waals surface area contributed by atoms with Crippen molar-refractivity contribution in [3.05, 3.63) is 143 Å². The van der Waals surface area contributed by atoms with Gasteiger partial charge in [-0.25, -0.2) is 39.1 Å². The van der Waals surface area contributed by atoms with E-state index in [0.29, 0.717) is 97.8 Å². The number of likely N-dealkylation sites (tertiary alicyclic amines) is 1. The fourth-order valence-electron chi connectivity index (χ4n) is 11.3. The Morgan fingerprint density at radius 1 is 0.602 bits per heavy atom. The van der Waals surface area contributed by atoms with Crippen LogP contribution >= 0.6 is 46.4 Å². The first-order valence-electron chi connectivity index (χ1n) is 35.1. The summed E-state index contributed by atoms with van der Waals surface area (Å²) in [5.41, 5.74) is 11.5. The minimum Gasteiger partial charge on any atom is -0.495 e. The Bertz CT molecular complexity index is 4090. The van der Waals surface area contributed by atoms with Crippen LogP contribution in [0.4, 0.5) is 53.6 Å². The van der Waals surface area contributed by atoms with Gasteiger partial charge < -0.3 is 58.5 Å². The highest BCUT2D eigenvalue weighted by Crippen LogP contribution is 2.48. The average molecular weight is 1610 g/mol. The number of piperidine rings is 1. The molecule has 0 spiro atoms. The van der Waals surface area contributed by atoms with Crippen LogP contribution in [0, 0.1) is 10.1 Å².